The second-order valence-corrected chi connectivity index (χ2v) is 5.24. The molecule has 0 saturated heterocycles. The Bertz CT molecular complexity index is 656. The predicted molar refractivity (Wildman–Crippen MR) is 86.4 cm³/mol. The van der Waals surface area contributed by atoms with Gasteiger partial charge in [0.05, 0.1) is 17.1 Å². The molecule has 0 saturated carbocycles. The summed E-state index contributed by atoms with van der Waals surface area (Å²) in [5.74, 6) is -0.142. The summed E-state index contributed by atoms with van der Waals surface area (Å²) in [5.41, 5.74) is 9.84. The lowest BCUT2D eigenvalue weighted by molar-refractivity contribution is 0.0963. The fourth-order valence-corrected chi connectivity index (χ4v) is 2.20. The molecule has 0 aliphatic heterocycles. The molecule has 0 heterocycles. The van der Waals surface area contributed by atoms with Crippen molar-refractivity contribution < 1.29 is 4.79 Å². The van der Waals surface area contributed by atoms with Gasteiger partial charge in [-0.05, 0) is 52.7 Å². The Hall–Kier alpha value is -2.01. The summed E-state index contributed by atoms with van der Waals surface area (Å²) in [7, 11) is 1.60. The van der Waals surface area contributed by atoms with Gasteiger partial charge in [0.1, 0.15) is 0 Å². The third kappa shape index (κ3) is 2.93. The minimum atomic E-state index is -0.142. The Kier molecular flexibility index (Phi) is 4.29. The van der Waals surface area contributed by atoms with Crippen LogP contribution in [0.25, 0.3) is 0 Å². The highest BCUT2D eigenvalue weighted by atomic mass is 79.9. The summed E-state index contributed by atoms with van der Waals surface area (Å²) < 4.78 is 0.977. The van der Waals surface area contributed by atoms with E-state index in [2.05, 4.69) is 26.6 Å². The summed E-state index contributed by atoms with van der Waals surface area (Å²) in [6, 6.07) is 11.1. The van der Waals surface area contributed by atoms with Crippen LogP contribution in [0.1, 0.15) is 15.9 Å². The molecule has 0 radical (unpaired) electrons. The molecule has 20 heavy (non-hydrogen) atoms. The summed E-state index contributed by atoms with van der Waals surface area (Å²) in [4.78, 5) is 11.7. The maximum atomic E-state index is 11.7. The van der Waals surface area contributed by atoms with Crippen LogP contribution in [0.15, 0.2) is 40.9 Å². The third-order valence-electron chi connectivity index (χ3n) is 3.00. The minimum absolute atomic E-state index is 0.142. The van der Waals surface area contributed by atoms with Crippen LogP contribution in [-0.4, -0.2) is 13.0 Å². The molecule has 4 nitrogen and oxygen atoms in total. The lowest BCUT2D eigenvalue weighted by Gasteiger charge is -2.13. The molecule has 0 spiro atoms. The highest BCUT2D eigenvalue weighted by molar-refractivity contribution is 9.10. The van der Waals surface area contributed by atoms with Crippen molar-refractivity contribution in [3.8, 4) is 0 Å². The molecule has 1 amide bonds. The van der Waals surface area contributed by atoms with Crippen molar-refractivity contribution in [1.29, 1.82) is 0 Å². The smallest absolute Gasteiger partial charge is 0.251 e. The molecule has 0 bridgehead atoms. The first-order valence-electron chi connectivity index (χ1n) is 6.16. The Morgan fingerprint density at radius 2 is 1.95 bits per heavy atom. The van der Waals surface area contributed by atoms with E-state index in [1.807, 2.05) is 25.1 Å². The van der Waals surface area contributed by atoms with Crippen LogP contribution in [0, 0.1) is 6.92 Å². The maximum absolute atomic E-state index is 11.7. The molecule has 0 unspecified atom stereocenters. The predicted octanol–water partition coefficient (Wildman–Crippen LogP) is 3.44. The van der Waals surface area contributed by atoms with Crippen molar-refractivity contribution in [2.45, 2.75) is 6.92 Å². The van der Waals surface area contributed by atoms with Crippen LogP contribution in [0.5, 0.6) is 0 Å². The molecule has 5 heteroatoms. The van der Waals surface area contributed by atoms with Gasteiger partial charge in [0.25, 0.3) is 5.91 Å². The number of amides is 1. The number of hydrogen-bond acceptors (Lipinski definition) is 3. The molecule has 0 aliphatic rings. The Labute approximate surface area is 126 Å². The van der Waals surface area contributed by atoms with Gasteiger partial charge in [-0.2, -0.15) is 0 Å². The molecule has 2 aromatic rings. The van der Waals surface area contributed by atoms with E-state index in [4.69, 9.17) is 5.73 Å². The van der Waals surface area contributed by atoms with Gasteiger partial charge in [0.2, 0.25) is 0 Å². The van der Waals surface area contributed by atoms with E-state index in [9.17, 15) is 4.79 Å². The highest BCUT2D eigenvalue weighted by Crippen LogP contribution is 2.31. The normalized spacial score (nSPS) is 10.2. The number of hydrogen-bond donors (Lipinski definition) is 3. The number of carbonyl (C=O) groups excluding carboxylic acids is 1. The second kappa shape index (κ2) is 5.96. The summed E-state index contributed by atoms with van der Waals surface area (Å²) in [5, 5.41) is 5.84. The lowest BCUT2D eigenvalue weighted by Crippen LogP contribution is -2.18. The second-order valence-electron chi connectivity index (χ2n) is 4.44. The average molecular weight is 334 g/mol. The average Bonchev–Trinajstić information content (AvgIpc) is 2.45. The maximum Gasteiger partial charge on any atom is 0.251 e. The van der Waals surface area contributed by atoms with E-state index in [1.165, 1.54) is 0 Å². The number of nitrogens with two attached hydrogens (primary N) is 1. The van der Waals surface area contributed by atoms with E-state index >= 15 is 0 Å². The zero-order valence-corrected chi connectivity index (χ0v) is 12.9. The highest BCUT2D eigenvalue weighted by Gasteiger charge is 2.09. The van der Waals surface area contributed by atoms with Gasteiger partial charge in [-0.1, -0.05) is 12.1 Å². The SMILES string of the molecule is CNC(=O)c1ccc(N)c(Nc2cccc(C)c2Br)c1. The zero-order valence-electron chi connectivity index (χ0n) is 11.3. The number of aryl methyl sites for hydroxylation is 1. The van der Waals surface area contributed by atoms with Crippen molar-refractivity contribution in [3.05, 3.63) is 52.0 Å². The Balaban J connectivity index is 2.38. The number of halogens is 1. The summed E-state index contributed by atoms with van der Waals surface area (Å²) >= 11 is 3.54. The molecular weight excluding hydrogens is 318 g/mol. The molecule has 0 atom stereocenters. The van der Waals surface area contributed by atoms with Crippen molar-refractivity contribution >= 4 is 38.9 Å². The van der Waals surface area contributed by atoms with Gasteiger partial charge in [-0.25, -0.2) is 0 Å². The summed E-state index contributed by atoms with van der Waals surface area (Å²) in [6.45, 7) is 2.01. The van der Waals surface area contributed by atoms with E-state index in [1.54, 1.807) is 25.2 Å². The zero-order chi connectivity index (χ0) is 14.7. The van der Waals surface area contributed by atoms with Crippen molar-refractivity contribution in [2.75, 3.05) is 18.1 Å². The molecule has 104 valence electrons. The first-order valence-corrected chi connectivity index (χ1v) is 6.96. The van der Waals surface area contributed by atoms with Crippen molar-refractivity contribution in [3.63, 3.8) is 0 Å². The quantitative estimate of drug-likeness (QED) is 0.753. The molecule has 0 aliphatic carbocycles. The van der Waals surface area contributed by atoms with Crippen LogP contribution in [-0.2, 0) is 0 Å². The van der Waals surface area contributed by atoms with Gasteiger partial charge < -0.3 is 16.4 Å². The number of nitrogens with one attached hydrogen (secondary N) is 2. The van der Waals surface area contributed by atoms with Crippen LogP contribution < -0.4 is 16.4 Å². The van der Waals surface area contributed by atoms with Gasteiger partial charge in [-0.3, -0.25) is 4.79 Å². The standard InChI is InChI=1S/C15H16BrN3O/c1-9-4-3-5-12(14(9)16)19-13-8-10(15(20)18-2)6-7-11(13)17/h3-8,19H,17H2,1-2H3,(H,18,20). The van der Waals surface area contributed by atoms with Gasteiger partial charge >= 0.3 is 0 Å². The van der Waals surface area contributed by atoms with E-state index in [-0.39, 0.29) is 5.91 Å². The Morgan fingerprint density at radius 3 is 2.65 bits per heavy atom. The third-order valence-corrected chi connectivity index (χ3v) is 4.06. The van der Waals surface area contributed by atoms with Gasteiger partial charge in [-0.15, -0.1) is 0 Å². The minimum Gasteiger partial charge on any atom is -0.397 e. The first kappa shape index (κ1) is 14.4. The number of anilines is 3. The van der Waals surface area contributed by atoms with Gasteiger partial charge in [0.15, 0.2) is 0 Å². The van der Waals surface area contributed by atoms with E-state index in [0.29, 0.717) is 16.9 Å². The van der Waals surface area contributed by atoms with Crippen LogP contribution >= 0.6 is 15.9 Å². The largest absolute Gasteiger partial charge is 0.397 e. The van der Waals surface area contributed by atoms with Crippen LogP contribution in [0.2, 0.25) is 0 Å². The van der Waals surface area contributed by atoms with E-state index in [0.717, 1.165) is 15.7 Å². The molecule has 0 fully saturated rings. The fourth-order valence-electron chi connectivity index (χ4n) is 1.84. The number of rotatable bonds is 3. The topological polar surface area (TPSA) is 67.2 Å². The number of benzene rings is 2. The molecule has 0 aromatic heterocycles. The van der Waals surface area contributed by atoms with Crippen LogP contribution in [0.3, 0.4) is 0 Å². The molecule has 2 aromatic carbocycles. The fraction of sp³-hybridized carbons (Fsp3) is 0.133. The van der Waals surface area contributed by atoms with Crippen molar-refractivity contribution in [2.24, 2.45) is 0 Å². The Morgan fingerprint density at radius 1 is 1.20 bits per heavy atom. The molecule has 2 rings (SSSR count). The number of carbonyl (C=O) groups is 1. The number of nitrogen functional groups attached to an aromatic ring is 1. The molecule has 4 N–H and O–H groups in total. The van der Waals surface area contributed by atoms with Gasteiger partial charge in [0, 0.05) is 17.1 Å². The summed E-state index contributed by atoms with van der Waals surface area (Å²) in [6.07, 6.45) is 0. The molecular formula is C15H16BrN3O. The lowest BCUT2D eigenvalue weighted by atomic mass is 10.1. The van der Waals surface area contributed by atoms with Crippen molar-refractivity contribution in [1.82, 2.24) is 5.32 Å². The van der Waals surface area contributed by atoms with Crippen LogP contribution in [0.4, 0.5) is 17.1 Å². The monoisotopic (exact) mass is 333 g/mol. The first-order chi connectivity index (χ1) is 9.52. The van der Waals surface area contributed by atoms with E-state index < -0.39 is 0 Å².